The smallest absolute Gasteiger partial charge is 0.237 e. The van der Waals surface area contributed by atoms with Crippen molar-refractivity contribution in [2.45, 2.75) is 9.79 Å². The van der Waals surface area contributed by atoms with Crippen LogP contribution in [0.25, 0.3) is 96.2 Å². The summed E-state index contributed by atoms with van der Waals surface area (Å²) in [6, 6.07) is 48.2. The predicted molar refractivity (Wildman–Crippen MR) is 209 cm³/mol. The number of nitrogens with zero attached hydrogens (tertiary/aromatic N) is 4. The van der Waals surface area contributed by atoms with E-state index >= 15 is 0 Å². The van der Waals surface area contributed by atoms with Gasteiger partial charge in [0, 0.05) is 61.8 Å². The fourth-order valence-corrected chi connectivity index (χ4v) is 11.3. The minimum atomic E-state index is 0.685. The summed E-state index contributed by atoms with van der Waals surface area (Å²) < 4.78 is 9.67. The first kappa shape index (κ1) is 26.5. The lowest BCUT2D eigenvalue weighted by molar-refractivity contribution is 0.965. The molecular formula is C42H22N4S3. The molecule has 0 saturated carbocycles. The molecule has 0 unspecified atom stereocenters. The molecule has 7 heteroatoms. The van der Waals surface area contributed by atoms with Crippen molar-refractivity contribution < 1.29 is 0 Å². The van der Waals surface area contributed by atoms with Crippen molar-refractivity contribution in [1.82, 2.24) is 19.1 Å². The third-order valence-electron chi connectivity index (χ3n) is 9.95. The van der Waals surface area contributed by atoms with E-state index in [0.717, 1.165) is 38.0 Å². The number of fused-ring (bicyclic) bond motifs is 13. The third kappa shape index (κ3) is 3.44. The van der Waals surface area contributed by atoms with Crippen molar-refractivity contribution >= 4 is 108 Å². The van der Waals surface area contributed by atoms with Crippen LogP contribution >= 0.6 is 34.4 Å². The molecule has 1 aliphatic rings. The largest absolute Gasteiger partial charge is 0.293 e. The Morgan fingerprint density at radius 1 is 0.490 bits per heavy atom. The van der Waals surface area contributed by atoms with E-state index in [1.54, 1.807) is 11.3 Å². The Morgan fingerprint density at radius 3 is 2.10 bits per heavy atom. The van der Waals surface area contributed by atoms with E-state index < -0.39 is 0 Å². The van der Waals surface area contributed by atoms with Crippen LogP contribution in [0.2, 0.25) is 0 Å². The molecule has 49 heavy (non-hydrogen) atoms. The van der Waals surface area contributed by atoms with Crippen molar-refractivity contribution in [3.63, 3.8) is 0 Å². The number of para-hydroxylation sites is 3. The molecule has 0 spiro atoms. The van der Waals surface area contributed by atoms with Gasteiger partial charge in [-0.1, -0.05) is 103 Å². The molecule has 6 aromatic carbocycles. The first-order valence-electron chi connectivity index (χ1n) is 16.3. The molecule has 11 aromatic rings. The molecule has 4 nitrogen and oxygen atoms in total. The van der Waals surface area contributed by atoms with E-state index in [0.29, 0.717) is 5.95 Å². The second-order valence-corrected chi connectivity index (χ2v) is 15.8. The summed E-state index contributed by atoms with van der Waals surface area (Å²) in [6.07, 6.45) is 0. The van der Waals surface area contributed by atoms with E-state index in [2.05, 4.69) is 143 Å². The van der Waals surface area contributed by atoms with Gasteiger partial charge in [-0.05, 0) is 42.5 Å². The van der Waals surface area contributed by atoms with E-state index in [-0.39, 0.29) is 0 Å². The van der Waals surface area contributed by atoms with E-state index in [1.807, 2.05) is 23.1 Å². The number of benzene rings is 6. The first-order valence-corrected chi connectivity index (χ1v) is 18.7. The van der Waals surface area contributed by atoms with Gasteiger partial charge in [0.15, 0.2) is 0 Å². The van der Waals surface area contributed by atoms with Crippen LogP contribution in [0.5, 0.6) is 0 Å². The molecule has 0 fully saturated rings. The number of thiophene rings is 2. The summed E-state index contributed by atoms with van der Waals surface area (Å²) >= 11 is 5.48. The summed E-state index contributed by atoms with van der Waals surface area (Å²) in [5.74, 6) is 0.685. The number of hydrogen-bond donors (Lipinski definition) is 0. The third-order valence-corrected chi connectivity index (χ3v) is 13.4. The summed E-state index contributed by atoms with van der Waals surface area (Å²) in [5.41, 5.74) is 7.75. The Labute approximate surface area is 291 Å². The highest BCUT2D eigenvalue weighted by atomic mass is 32.2. The molecular weight excluding hydrogens is 657 g/mol. The van der Waals surface area contributed by atoms with Gasteiger partial charge in [0.25, 0.3) is 0 Å². The second kappa shape index (κ2) is 9.57. The van der Waals surface area contributed by atoms with Gasteiger partial charge < -0.3 is 0 Å². The van der Waals surface area contributed by atoms with Crippen molar-refractivity contribution in [3.8, 4) is 22.9 Å². The lowest BCUT2D eigenvalue weighted by Crippen LogP contribution is -2.08. The molecule has 0 radical (unpaired) electrons. The van der Waals surface area contributed by atoms with Crippen molar-refractivity contribution in [2.75, 3.05) is 0 Å². The molecule has 0 bridgehead atoms. The lowest BCUT2D eigenvalue weighted by Gasteiger charge is -2.20. The van der Waals surface area contributed by atoms with Crippen LogP contribution in [-0.4, -0.2) is 19.1 Å². The zero-order chi connectivity index (χ0) is 31.8. The van der Waals surface area contributed by atoms with Gasteiger partial charge in [0.1, 0.15) is 5.65 Å². The fourth-order valence-electron chi connectivity index (χ4n) is 7.96. The average Bonchev–Trinajstić information content (AvgIpc) is 3.90. The highest BCUT2D eigenvalue weighted by molar-refractivity contribution is 7.99. The van der Waals surface area contributed by atoms with E-state index in [9.17, 15) is 0 Å². The minimum absolute atomic E-state index is 0.685. The standard InChI is InChI=1S/C42H22N4S3/c1-4-16-28-23(11-1)36-27-15-10-22-34-39(27)45(29-17-5-8-20-32(29)48-34)41(36)46(28)42-43-37-25-13-3-7-19-31(25)49-40(37)38(44-42)26-14-9-21-33-35(26)24-12-2-6-18-30(24)47-33/h1-22H. The van der Waals surface area contributed by atoms with Crippen LogP contribution in [-0.2, 0) is 0 Å². The van der Waals surface area contributed by atoms with Crippen LogP contribution in [0.3, 0.4) is 0 Å². The molecule has 0 amide bonds. The van der Waals surface area contributed by atoms with Gasteiger partial charge >= 0.3 is 0 Å². The lowest BCUT2D eigenvalue weighted by atomic mass is 10.0. The van der Waals surface area contributed by atoms with Crippen LogP contribution in [0, 0.1) is 0 Å². The van der Waals surface area contributed by atoms with Crippen molar-refractivity contribution in [2.24, 2.45) is 0 Å². The maximum atomic E-state index is 5.64. The molecule has 6 heterocycles. The van der Waals surface area contributed by atoms with Crippen molar-refractivity contribution in [1.29, 1.82) is 0 Å². The Bertz CT molecular complexity index is 3210. The highest BCUT2D eigenvalue weighted by Gasteiger charge is 2.29. The van der Waals surface area contributed by atoms with Gasteiger partial charge in [-0.2, -0.15) is 0 Å². The van der Waals surface area contributed by atoms with Crippen LogP contribution in [0.15, 0.2) is 143 Å². The topological polar surface area (TPSA) is 35.6 Å². The van der Waals surface area contributed by atoms with Crippen LogP contribution in [0.4, 0.5) is 0 Å². The maximum absolute atomic E-state index is 5.64. The SMILES string of the molecule is c1ccc2c(c1)Sc1cccc3c4c5ccccc5n(-c5nc(-c6cccc7sc8ccccc8c67)c6sc7ccccc7c6n5)c4n-2c13. The van der Waals surface area contributed by atoms with E-state index in [4.69, 9.17) is 9.97 Å². The van der Waals surface area contributed by atoms with Crippen LogP contribution in [0.1, 0.15) is 0 Å². The molecule has 0 aliphatic carbocycles. The van der Waals surface area contributed by atoms with Gasteiger partial charge in [-0.3, -0.25) is 9.13 Å². The van der Waals surface area contributed by atoms with Gasteiger partial charge in [0.2, 0.25) is 5.95 Å². The van der Waals surface area contributed by atoms with Gasteiger partial charge in [-0.25, -0.2) is 9.97 Å². The molecule has 5 aromatic heterocycles. The fraction of sp³-hybridized carbons (Fsp3) is 0. The monoisotopic (exact) mass is 678 g/mol. The average molecular weight is 679 g/mol. The number of rotatable bonds is 2. The Hall–Kier alpha value is -5.47. The number of hydrogen-bond acceptors (Lipinski definition) is 5. The van der Waals surface area contributed by atoms with E-state index in [1.165, 1.54) is 62.0 Å². The highest BCUT2D eigenvalue weighted by Crippen LogP contribution is 2.50. The van der Waals surface area contributed by atoms with Crippen LogP contribution < -0.4 is 0 Å². The normalized spacial score (nSPS) is 12.8. The first-order chi connectivity index (χ1) is 24.3. The Kier molecular flexibility index (Phi) is 5.17. The van der Waals surface area contributed by atoms with Gasteiger partial charge in [-0.15, -0.1) is 22.7 Å². The second-order valence-electron chi connectivity index (χ2n) is 12.5. The molecule has 0 saturated heterocycles. The molecule has 0 atom stereocenters. The zero-order valence-corrected chi connectivity index (χ0v) is 28.2. The van der Waals surface area contributed by atoms with Crippen molar-refractivity contribution in [3.05, 3.63) is 133 Å². The molecule has 228 valence electrons. The Morgan fingerprint density at radius 2 is 1.18 bits per heavy atom. The molecule has 0 N–H and O–H groups in total. The predicted octanol–water partition coefficient (Wildman–Crippen LogP) is 12.4. The summed E-state index contributed by atoms with van der Waals surface area (Å²) in [4.78, 5) is 13.7. The molecule has 12 rings (SSSR count). The van der Waals surface area contributed by atoms with Gasteiger partial charge in [0.05, 0.1) is 32.6 Å². The molecule has 1 aliphatic heterocycles. The summed E-state index contributed by atoms with van der Waals surface area (Å²) in [7, 11) is 0. The quantitative estimate of drug-likeness (QED) is 0.183. The maximum Gasteiger partial charge on any atom is 0.237 e. The Balaban J connectivity index is 1.29. The minimum Gasteiger partial charge on any atom is -0.293 e. The summed E-state index contributed by atoms with van der Waals surface area (Å²) in [5, 5.41) is 7.37. The number of aromatic nitrogens is 4. The zero-order valence-electron chi connectivity index (χ0n) is 25.7. The summed E-state index contributed by atoms with van der Waals surface area (Å²) in [6.45, 7) is 0.